The van der Waals surface area contributed by atoms with Gasteiger partial charge in [0.2, 0.25) is 0 Å². The molecule has 0 atom stereocenters. The first-order valence-electron chi connectivity index (χ1n) is 8.40. The van der Waals surface area contributed by atoms with E-state index in [1.165, 1.54) is 23.0 Å². The van der Waals surface area contributed by atoms with Gasteiger partial charge >= 0.3 is 0 Å². The summed E-state index contributed by atoms with van der Waals surface area (Å²) in [4.78, 5) is 12.3. The predicted octanol–water partition coefficient (Wildman–Crippen LogP) is 3.00. The highest BCUT2D eigenvalue weighted by atomic mass is 19.1. The largest absolute Gasteiger partial charge is 0.493 e. The highest BCUT2D eigenvalue weighted by molar-refractivity contribution is 5.93. The Labute approximate surface area is 156 Å². The Balaban J connectivity index is 1.58. The van der Waals surface area contributed by atoms with Gasteiger partial charge in [-0.15, -0.1) is 0 Å². The summed E-state index contributed by atoms with van der Waals surface area (Å²) in [6.45, 7) is 0.468. The molecule has 0 fully saturated rings. The normalized spacial score (nSPS) is 10.5. The molecule has 0 unspecified atom stereocenters. The van der Waals surface area contributed by atoms with Gasteiger partial charge in [-0.3, -0.25) is 4.79 Å². The third-order valence-corrected chi connectivity index (χ3v) is 4.08. The molecule has 1 aromatic heterocycles. The topological polar surface area (TPSA) is 65.4 Å². The number of hydrogen-bond acceptors (Lipinski definition) is 4. The number of aromatic nitrogens is 2. The van der Waals surface area contributed by atoms with Gasteiger partial charge < -0.3 is 14.8 Å². The molecule has 1 heterocycles. The van der Waals surface area contributed by atoms with Crippen molar-refractivity contribution in [2.45, 2.75) is 6.42 Å². The lowest BCUT2D eigenvalue weighted by atomic mass is 10.1. The summed E-state index contributed by atoms with van der Waals surface area (Å²) in [5.74, 6) is 0.781. The van der Waals surface area contributed by atoms with E-state index in [1.54, 1.807) is 32.5 Å². The zero-order valence-electron chi connectivity index (χ0n) is 15.1. The monoisotopic (exact) mass is 369 g/mol. The first-order valence-corrected chi connectivity index (χ1v) is 8.40. The number of hydrogen-bond donors (Lipinski definition) is 1. The second kappa shape index (κ2) is 8.35. The number of rotatable bonds is 7. The maximum absolute atomic E-state index is 13.0. The van der Waals surface area contributed by atoms with Crippen molar-refractivity contribution in [3.05, 3.63) is 71.8 Å². The summed E-state index contributed by atoms with van der Waals surface area (Å²) in [5, 5.41) is 7.01. The molecule has 0 saturated carbocycles. The van der Waals surface area contributed by atoms with Gasteiger partial charge in [-0.05, 0) is 48.4 Å². The van der Waals surface area contributed by atoms with E-state index in [2.05, 4.69) is 10.4 Å². The zero-order valence-corrected chi connectivity index (χ0v) is 15.1. The van der Waals surface area contributed by atoms with Crippen molar-refractivity contribution < 1.29 is 18.7 Å². The minimum absolute atomic E-state index is 0.219. The van der Waals surface area contributed by atoms with Gasteiger partial charge in [-0.25, -0.2) is 9.07 Å². The number of carbonyl (C=O) groups excluding carboxylic acids is 1. The molecule has 1 N–H and O–H groups in total. The molecule has 6 nitrogen and oxygen atoms in total. The SMILES string of the molecule is COc1ccc(CCNC(=O)c2cnn(-c3ccc(F)cc3)c2)cc1OC. The Bertz CT molecular complexity index is 922. The molecule has 1 amide bonds. The van der Waals surface area contributed by atoms with Gasteiger partial charge in [0.25, 0.3) is 5.91 Å². The maximum Gasteiger partial charge on any atom is 0.254 e. The fraction of sp³-hybridized carbons (Fsp3) is 0.200. The van der Waals surface area contributed by atoms with Crippen LogP contribution in [0.25, 0.3) is 5.69 Å². The summed E-state index contributed by atoms with van der Waals surface area (Å²) in [6.07, 6.45) is 3.74. The van der Waals surface area contributed by atoms with Crippen molar-refractivity contribution in [1.82, 2.24) is 15.1 Å². The second-order valence-corrected chi connectivity index (χ2v) is 5.85. The number of ether oxygens (including phenoxy) is 2. The molecule has 0 aliphatic heterocycles. The highest BCUT2D eigenvalue weighted by Crippen LogP contribution is 2.27. The highest BCUT2D eigenvalue weighted by Gasteiger charge is 2.10. The molecule has 0 aliphatic rings. The van der Waals surface area contributed by atoms with Gasteiger partial charge in [0.1, 0.15) is 5.82 Å². The maximum atomic E-state index is 13.0. The van der Waals surface area contributed by atoms with Crippen molar-refractivity contribution in [1.29, 1.82) is 0 Å². The standard InChI is InChI=1S/C20H20FN3O3/c1-26-18-8-3-14(11-19(18)27-2)9-10-22-20(25)15-12-23-24(13-15)17-6-4-16(21)5-7-17/h3-8,11-13H,9-10H2,1-2H3,(H,22,25). The van der Waals surface area contributed by atoms with Crippen LogP contribution in [0.2, 0.25) is 0 Å². The summed E-state index contributed by atoms with van der Waals surface area (Å²) >= 11 is 0. The van der Waals surface area contributed by atoms with Crippen molar-refractivity contribution in [2.24, 2.45) is 0 Å². The van der Waals surface area contributed by atoms with E-state index in [-0.39, 0.29) is 11.7 Å². The van der Waals surface area contributed by atoms with Crippen LogP contribution in [0.1, 0.15) is 15.9 Å². The fourth-order valence-electron chi connectivity index (χ4n) is 2.63. The van der Waals surface area contributed by atoms with E-state index in [1.807, 2.05) is 18.2 Å². The molecule has 7 heteroatoms. The van der Waals surface area contributed by atoms with Gasteiger partial charge in [0, 0.05) is 12.7 Å². The molecule has 0 spiro atoms. The summed E-state index contributed by atoms with van der Waals surface area (Å²) < 4.78 is 25.0. The lowest BCUT2D eigenvalue weighted by molar-refractivity contribution is 0.0954. The van der Waals surface area contributed by atoms with Crippen LogP contribution in [0, 0.1) is 5.82 Å². The summed E-state index contributed by atoms with van der Waals surface area (Å²) in [6, 6.07) is 11.5. The average molecular weight is 369 g/mol. The number of amides is 1. The van der Waals surface area contributed by atoms with E-state index in [9.17, 15) is 9.18 Å². The van der Waals surface area contributed by atoms with E-state index in [0.717, 1.165) is 5.56 Å². The minimum Gasteiger partial charge on any atom is -0.493 e. The Morgan fingerprint density at radius 3 is 2.56 bits per heavy atom. The smallest absolute Gasteiger partial charge is 0.254 e. The van der Waals surface area contributed by atoms with Gasteiger partial charge in [0.05, 0.1) is 31.7 Å². The van der Waals surface area contributed by atoms with E-state index < -0.39 is 0 Å². The van der Waals surface area contributed by atoms with Gasteiger partial charge in [-0.1, -0.05) is 6.07 Å². The number of carbonyl (C=O) groups is 1. The third-order valence-electron chi connectivity index (χ3n) is 4.08. The van der Waals surface area contributed by atoms with Crippen molar-refractivity contribution in [3.8, 4) is 17.2 Å². The van der Waals surface area contributed by atoms with E-state index in [0.29, 0.717) is 35.7 Å². The number of methoxy groups -OCH3 is 2. The second-order valence-electron chi connectivity index (χ2n) is 5.85. The Morgan fingerprint density at radius 1 is 1.11 bits per heavy atom. The fourth-order valence-corrected chi connectivity index (χ4v) is 2.63. The van der Waals surface area contributed by atoms with Crippen LogP contribution in [0.15, 0.2) is 54.9 Å². The van der Waals surface area contributed by atoms with Crippen LogP contribution >= 0.6 is 0 Å². The molecule has 0 bridgehead atoms. The Hall–Kier alpha value is -3.35. The van der Waals surface area contributed by atoms with Crippen LogP contribution in [-0.2, 0) is 6.42 Å². The number of nitrogens with zero attached hydrogens (tertiary/aromatic N) is 2. The van der Waals surface area contributed by atoms with Gasteiger partial charge in [0.15, 0.2) is 11.5 Å². The van der Waals surface area contributed by atoms with Crippen LogP contribution in [0.4, 0.5) is 4.39 Å². The average Bonchev–Trinajstić information content (AvgIpc) is 3.18. The van der Waals surface area contributed by atoms with E-state index in [4.69, 9.17) is 9.47 Å². The molecular weight excluding hydrogens is 349 g/mol. The summed E-state index contributed by atoms with van der Waals surface area (Å²) in [7, 11) is 3.17. The van der Waals surface area contributed by atoms with Crippen molar-refractivity contribution in [2.75, 3.05) is 20.8 Å². The zero-order chi connectivity index (χ0) is 19.2. The molecule has 0 radical (unpaired) electrons. The molecular formula is C20H20FN3O3. The Morgan fingerprint density at radius 2 is 1.85 bits per heavy atom. The molecule has 27 heavy (non-hydrogen) atoms. The molecule has 3 rings (SSSR count). The van der Waals surface area contributed by atoms with Gasteiger partial charge in [-0.2, -0.15) is 5.10 Å². The molecule has 0 aliphatic carbocycles. The van der Waals surface area contributed by atoms with E-state index >= 15 is 0 Å². The predicted molar refractivity (Wildman–Crippen MR) is 99.1 cm³/mol. The molecule has 0 saturated heterocycles. The molecule has 2 aromatic carbocycles. The number of halogens is 1. The summed E-state index contributed by atoms with van der Waals surface area (Å²) in [5.41, 5.74) is 2.14. The number of nitrogens with one attached hydrogen (secondary N) is 1. The minimum atomic E-state index is -0.320. The van der Waals surface area contributed by atoms with Crippen LogP contribution in [0.3, 0.4) is 0 Å². The first kappa shape index (κ1) is 18.4. The van der Waals surface area contributed by atoms with Crippen LogP contribution in [-0.4, -0.2) is 36.5 Å². The van der Waals surface area contributed by atoms with Crippen molar-refractivity contribution in [3.63, 3.8) is 0 Å². The lowest BCUT2D eigenvalue weighted by Gasteiger charge is -2.10. The quantitative estimate of drug-likeness (QED) is 0.695. The molecule has 3 aromatic rings. The molecule has 140 valence electrons. The van der Waals surface area contributed by atoms with Crippen molar-refractivity contribution >= 4 is 5.91 Å². The van der Waals surface area contributed by atoms with Crippen LogP contribution < -0.4 is 14.8 Å². The number of benzene rings is 2. The third kappa shape index (κ3) is 4.44. The Kier molecular flexibility index (Phi) is 5.71. The lowest BCUT2D eigenvalue weighted by Crippen LogP contribution is -2.25. The first-order chi connectivity index (χ1) is 13.1. The van der Waals surface area contributed by atoms with Crippen LogP contribution in [0.5, 0.6) is 11.5 Å².